The number of piperidine rings is 1. The lowest BCUT2D eigenvalue weighted by Gasteiger charge is -2.38. The monoisotopic (exact) mass is 373 g/mol. The number of rotatable bonds is 3. The number of nitrogens with zero attached hydrogens (tertiary/aromatic N) is 3. The zero-order valence-corrected chi connectivity index (χ0v) is 15.6. The number of ether oxygens (including phenoxy) is 1. The van der Waals surface area contributed by atoms with Crippen molar-refractivity contribution in [2.45, 2.75) is 25.8 Å². The first-order valence-electron chi connectivity index (χ1n) is 9.71. The Bertz CT molecular complexity index is 679. The fraction of sp³-hybridized carbons (Fsp3) is 0.632. The molecule has 0 atom stereocenters. The SMILES string of the molecule is O=C1CC2(CCN(C(=O)NCc3ccc(N4CCOCC4)nc3)CC2)CN1. The Morgan fingerprint density at radius 1 is 1.22 bits per heavy atom. The van der Waals surface area contributed by atoms with E-state index in [4.69, 9.17) is 4.74 Å². The molecule has 0 bridgehead atoms. The summed E-state index contributed by atoms with van der Waals surface area (Å²) in [6, 6.07) is 3.97. The molecular formula is C19H27N5O3. The molecule has 3 amide bonds. The highest BCUT2D eigenvalue weighted by atomic mass is 16.5. The van der Waals surface area contributed by atoms with Crippen molar-refractivity contribution >= 4 is 17.8 Å². The van der Waals surface area contributed by atoms with Gasteiger partial charge >= 0.3 is 6.03 Å². The Hall–Kier alpha value is -2.35. The van der Waals surface area contributed by atoms with E-state index in [9.17, 15) is 9.59 Å². The van der Waals surface area contributed by atoms with Crippen LogP contribution >= 0.6 is 0 Å². The summed E-state index contributed by atoms with van der Waals surface area (Å²) in [5.41, 5.74) is 1.05. The van der Waals surface area contributed by atoms with E-state index in [1.54, 1.807) is 0 Å². The Labute approximate surface area is 159 Å². The van der Waals surface area contributed by atoms with Gasteiger partial charge in [0.05, 0.1) is 13.2 Å². The van der Waals surface area contributed by atoms with Gasteiger partial charge in [0.15, 0.2) is 0 Å². The molecule has 1 aromatic rings. The third-order valence-electron chi connectivity index (χ3n) is 5.90. The van der Waals surface area contributed by atoms with Gasteiger partial charge in [0, 0.05) is 51.9 Å². The van der Waals surface area contributed by atoms with E-state index in [2.05, 4.69) is 20.5 Å². The lowest BCUT2D eigenvalue weighted by Crippen LogP contribution is -2.47. The minimum Gasteiger partial charge on any atom is -0.378 e. The molecule has 4 heterocycles. The van der Waals surface area contributed by atoms with Crippen LogP contribution in [0.4, 0.5) is 10.6 Å². The van der Waals surface area contributed by atoms with Crippen LogP contribution in [0.25, 0.3) is 0 Å². The summed E-state index contributed by atoms with van der Waals surface area (Å²) in [5, 5.41) is 5.91. The Morgan fingerprint density at radius 2 is 2.00 bits per heavy atom. The molecule has 0 aliphatic carbocycles. The predicted octanol–water partition coefficient (Wildman–Crippen LogP) is 0.730. The summed E-state index contributed by atoms with van der Waals surface area (Å²) >= 11 is 0. The lowest BCUT2D eigenvalue weighted by molar-refractivity contribution is -0.119. The van der Waals surface area contributed by atoms with Crippen LogP contribution in [-0.4, -0.2) is 67.8 Å². The van der Waals surface area contributed by atoms with Gasteiger partial charge in [-0.3, -0.25) is 4.79 Å². The number of carbonyl (C=O) groups excluding carboxylic acids is 2. The summed E-state index contributed by atoms with van der Waals surface area (Å²) in [7, 11) is 0. The molecular weight excluding hydrogens is 346 g/mol. The normalized spacial score (nSPS) is 22.0. The number of likely N-dealkylation sites (tertiary alicyclic amines) is 1. The standard InChI is InChI=1S/C19H27N5O3/c25-17-11-19(14-22-17)3-5-24(6-4-19)18(26)21-13-15-1-2-16(20-12-15)23-7-9-27-10-8-23/h1-2,12H,3-11,13-14H2,(H,21,26)(H,22,25). The fourth-order valence-electron chi connectivity index (χ4n) is 4.08. The summed E-state index contributed by atoms with van der Waals surface area (Å²) in [6.45, 7) is 5.83. The van der Waals surface area contributed by atoms with Gasteiger partial charge in [-0.05, 0) is 29.9 Å². The number of nitrogens with one attached hydrogen (secondary N) is 2. The van der Waals surface area contributed by atoms with Crippen LogP contribution in [0.1, 0.15) is 24.8 Å². The van der Waals surface area contributed by atoms with E-state index in [-0.39, 0.29) is 17.4 Å². The van der Waals surface area contributed by atoms with Crippen LogP contribution in [0, 0.1) is 5.41 Å². The number of anilines is 1. The van der Waals surface area contributed by atoms with Gasteiger partial charge in [0.25, 0.3) is 0 Å². The van der Waals surface area contributed by atoms with E-state index in [0.717, 1.165) is 57.1 Å². The molecule has 4 rings (SSSR count). The number of amides is 3. The van der Waals surface area contributed by atoms with Crippen LogP contribution in [0.15, 0.2) is 18.3 Å². The first kappa shape index (κ1) is 18.0. The van der Waals surface area contributed by atoms with Gasteiger partial charge in [-0.25, -0.2) is 9.78 Å². The smallest absolute Gasteiger partial charge is 0.317 e. The molecule has 27 heavy (non-hydrogen) atoms. The van der Waals surface area contributed by atoms with E-state index in [1.165, 1.54) is 0 Å². The second kappa shape index (κ2) is 7.72. The molecule has 1 aromatic heterocycles. The maximum atomic E-state index is 12.4. The van der Waals surface area contributed by atoms with Crippen molar-refractivity contribution in [3.63, 3.8) is 0 Å². The number of morpholine rings is 1. The van der Waals surface area contributed by atoms with Crippen LogP contribution < -0.4 is 15.5 Å². The Balaban J connectivity index is 1.24. The van der Waals surface area contributed by atoms with Crippen LogP contribution in [0.5, 0.6) is 0 Å². The zero-order valence-electron chi connectivity index (χ0n) is 15.6. The van der Waals surface area contributed by atoms with Gasteiger partial charge in [-0.2, -0.15) is 0 Å². The molecule has 3 saturated heterocycles. The van der Waals surface area contributed by atoms with Gasteiger partial charge in [0.2, 0.25) is 5.91 Å². The minimum atomic E-state index is -0.0422. The molecule has 0 unspecified atom stereocenters. The number of hydrogen-bond acceptors (Lipinski definition) is 5. The fourth-order valence-corrected chi connectivity index (χ4v) is 4.08. The molecule has 146 valence electrons. The molecule has 1 spiro atoms. The van der Waals surface area contributed by atoms with E-state index >= 15 is 0 Å². The summed E-state index contributed by atoms with van der Waals surface area (Å²) in [6.07, 6.45) is 4.19. The van der Waals surface area contributed by atoms with Gasteiger partial charge < -0.3 is 25.2 Å². The van der Waals surface area contributed by atoms with Crippen LogP contribution in [0.2, 0.25) is 0 Å². The first-order chi connectivity index (χ1) is 13.1. The number of urea groups is 1. The summed E-state index contributed by atoms with van der Waals surface area (Å²) < 4.78 is 5.36. The van der Waals surface area contributed by atoms with Crippen molar-refractivity contribution in [2.24, 2.45) is 5.41 Å². The molecule has 8 heteroatoms. The van der Waals surface area contributed by atoms with E-state index in [1.807, 2.05) is 23.2 Å². The second-order valence-electron chi connectivity index (χ2n) is 7.72. The van der Waals surface area contributed by atoms with E-state index in [0.29, 0.717) is 26.1 Å². The maximum Gasteiger partial charge on any atom is 0.317 e. The molecule has 3 aliphatic heterocycles. The van der Waals surface area contributed by atoms with Gasteiger partial charge in [-0.15, -0.1) is 0 Å². The number of hydrogen-bond donors (Lipinski definition) is 2. The molecule has 2 N–H and O–H groups in total. The Morgan fingerprint density at radius 3 is 2.63 bits per heavy atom. The first-order valence-corrected chi connectivity index (χ1v) is 9.71. The van der Waals surface area contributed by atoms with Gasteiger partial charge in [-0.1, -0.05) is 6.07 Å². The zero-order chi connectivity index (χ0) is 18.7. The Kier molecular flexibility index (Phi) is 5.15. The maximum absolute atomic E-state index is 12.4. The summed E-state index contributed by atoms with van der Waals surface area (Å²) in [4.78, 5) is 32.5. The second-order valence-corrected chi connectivity index (χ2v) is 7.72. The van der Waals surface area contributed by atoms with Crippen LogP contribution in [0.3, 0.4) is 0 Å². The minimum absolute atomic E-state index is 0.0422. The topological polar surface area (TPSA) is 86.8 Å². The predicted molar refractivity (Wildman–Crippen MR) is 100 cm³/mol. The third-order valence-corrected chi connectivity index (χ3v) is 5.90. The molecule has 0 saturated carbocycles. The average molecular weight is 373 g/mol. The van der Waals surface area contributed by atoms with Crippen molar-refractivity contribution < 1.29 is 14.3 Å². The van der Waals surface area contributed by atoms with E-state index < -0.39 is 0 Å². The lowest BCUT2D eigenvalue weighted by atomic mass is 9.78. The largest absolute Gasteiger partial charge is 0.378 e. The summed E-state index contributed by atoms with van der Waals surface area (Å²) in [5.74, 6) is 1.09. The highest BCUT2D eigenvalue weighted by Gasteiger charge is 2.41. The number of pyridine rings is 1. The number of aromatic nitrogens is 1. The highest BCUT2D eigenvalue weighted by molar-refractivity contribution is 5.79. The van der Waals surface area contributed by atoms with Crippen molar-refractivity contribution in [1.82, 2.24) is 20.5 Å². The molecule has 3 aliphatic rings. The quantitative estimate of drug-likeness (QED) is 0.816. The molecule has 3 fully saturated rings. The highest BCUT2D eigenvalue weighted by Crippen LogP contribution is 2.37. The third kappa shape index (κ3) is 4.16. The van der Waals surface area contributed by atoms with Crippen LogP contribution in [-0.2, 0) is 16.1 Å². The van der Waals surface area contributed by atoms with Crippen molar-refractivity contribution in [2.75, 3.05) is 50.8 Å². The molecule has 0 aromatic carbocycles. The molecule has 0 radical (unpaired) electrons. The van der Waals surface area contributed by atoms with Crippen molar-refractivity contribution in [1.29, 1.82) is 0 Å². The van der Waals surface area contributed by atoms with Gasteiger partial charge in [0.1, 0.15) is 5.82 Å². The molecule has 8 nitrogen and oxygen atoms in total. The average Bonchev–Trinajstić information content (AvgIpc) is 3.08. The van der Waals surface area contributed by atoms with Crippen molar-refractivity contribution in [3.05, 3.63) is 23.9 Å². The number of carbonyl (C=O) groups is 2. The van der Waals surface area contributed by atoms with Crippen molar-refractivity contribution in [3.8, 4) is 0 Å².